The number of rotatable bonds is 13. The van der Waals surface area contributed by atoms with Crippen LogP contribution >= 0.6 is 0 Å². The fourth-order valence-electron chi connectivity index (χ4n) is 6.28. The molecule has 248 valence electrons. The van der Waals surface area contributed by atoms with E-state index in [2.05, 4.69) is 29.2 Å². The minimum Gasteiger partial charge on any atom is -0.342 e. The van der Waals surface area contributed by atoms with Gasteiger partial charge >= 0.3 is 0 Å². The van der Waals surface area contributed by atoms with E-state index in [1.54, 1.807) is 55.4 Å². The highest BCUT2D eigenvalue weighted by atomic mass is 32.2. The van der Waals surface area contributed by atoms with Gasteiger partial charge in [-0.2, -0.15) is 0 Å². The van der Waals surface area contributed by atoms with E-state index in [1.807, 2.05) is 34.6 Å². The number of likely N-dealkylation sites (N-methyl/N-ethyl adjacent to an activating group) is 2. The Hall–Kier alpha value is -2.72. The lowest BCUT2D eigenvalue weighted by molar-refractivity contribution is -0.141. The van der Waals surface area contributed by atoms with Crippen molar-refractivity contribution < 1.29 is 22.8 Å². The molecule has 1 fully saturated rings. The maximum atomic E-state index is 14.1. The van der Waals surface area contributed by atoms with E-state index in [1.165, 1.54) is 26.2 Å². The van der Waals surface area contributed by atoms with Crippen molar-refractivity contribution in [3.8, 4) is 0 Å². The number of carbonyl (C=O) groups is 3. The quantitative estimate of drug-likeness (QED) is 0.269. The second-order valence-electron chi connectivity index (χ2n) is 14.4. The third-order valence-electron chi connectivity index (χ3n) is 9.06. The lowest BCUT2D eigenvalue weighted by atomic mass is 9.66. The summed E-state index contributed by atoms with van der Waals surface area (Å²) in [5, 5.41) is 6.32. The Kier molecular flexibility index (Phi) is 13.2. The van der Waals surface area contributed by atoms with Crippen molar-refractivity contribution in [1.82, 2.24) is 20.3 Å². The van der Waals surface area contributed by atoms with Crippen LogP contribution in [-0.4, -0.2) is 63.3 Å². The van der Waals surface area contributed by atoms with Gasteiger partial charge in [-0.15, -0.1) is 0 Å². The molecule has 0 heterocycles. The summed E-state index contributed by atoms with van der Waals surface area (Å²) in [5.41, 5.74) is -0.152. The molecular formula is C34H56N4O5S. The molecule has 1 aromatic carbocycles. The molecule has 0 aromatic heterocycles. The fourth-order valence-corrected chi connectivity index (χ4v) is 7.43. The van der Waals surface area contributed by atoms with Gasteiger partial charge in [0.2, 0.25) is 21.8 Å². The van der Waals surface area contributed by atoms with Crippen LogP contribution in [0.5, 0.6) is 0 Å². The Morgan fingerprint density at radius 2 is 1.55 bits per heavy atom. The maximum Gasteiger partial charge on any atom is 0.260 e. The number of carbonyl (C=O) groups excluding carboxylic acids is 3. The molecular weight excluding hydrogens is 576 g/mol. The zero-order valence-corrected chi connectivity index (χ0v) is 29.3. The molecule has 3 atom stereocenters. The Balaban J connectivity index is 2.26. The molecule has 3 unspecified atom stereocenters. The fraction of sp³-hybridized carbons (Fsp3) is 0.676. The van der Waals surface area contributed by atoms with Crippen molar-refractivity contribution in [3.05, 3.63) is 47.5 Å². The van der Waals surface area contributed by atoms with Gasteiger partial charge in [-0.05, 0) is 55.0 Å². The Labute approximate surface area is 266 Å². The second-order valence-corrected chi connectivity index (χ2v) is 16.1. The van der Waals surface area contributed by atoms with Crippen LogP contribution in [0.25, 0.3) is 0 Å². The first kappa shape index (κ1) is 37.5. The molecule has 1 aliphatic carbocycles. The molecule has 10 heteroatoms. The lowest BCUT2D eigenvalue weighted by Crippen LogP contribution is -2.61. The number of benzene rings is 1. The third kappa shape index (κ3) is 10.2. The van der Waals surface area contributed by atoms with E-state index >= 15 is 0 Å². The predicted octanol–water partition coefficient (Wildman–Crippen LogP) is 4.79. The lowest BCUT2D eigenvalue weighted by Gasteiger charge is -2.43. The largest absolute Gasteiger partial charge is 0.342 e. The van der Waals surface area contributed by atoms with Gasteiger partial charge in [0.25, 0.3) is 5.91 Å². The Morgan fingerprint density at radius 3 is 2.05 bits per heavy atom. The third-order valence-corrected chi connectivity index (χ3v) is 10.3. The molecule has 2 rings (SSSR count). The Morgan fingerprint density at radius 1 is 0.977 bits per heavy atom. The van der Waals surface area contributed by atoms with E-state index in [0.29, 0.717) is 11.5 Å². The molecule has 0 saturated heterocycles. The average molecular weight is 633 g/mol. The second kappa shape index (κ2) is 15.5. The van der Waals surface area contributed by atoms with Crippen LogP contribution in [0.3, 0.4) is 0 Å². The predicted molar refractivity (Wildman–Crippen MR) is 177 cm³/mol. The van der Waals surface area contributed by atoms with Gasteiger partial charge in [-0.3, -0.25) is 14.4 Å². The molecule has 0 aliphatic heterocycles. The highest BCUT2D eigenvalue weighted by molar-refractivity contribution is 7.89. The molecule has 0 radical (unpaired) electrons. The summed E-state index contributed by atoms with van der Waals surface area (Å²) in [4.78, 5) is 42.4. The number of hydrogen-bond donors (Lipinski definition) is 3. The number of sulfonamides is 1. The standard InChI is InChI=1S/C34H56N4O5S/c1-23(2)27(21-24(3)30(39)37-44(42,43)22-25-17-13-11-14-18-25)38(10)32(41)29(33(4,5)6)36-31(40)28(35-9)34(7,8)26-19-15-12-16-20-26/h11,13-14,17-18,21,23,26-29,35H,12,15-16,19-20,22H2,1-10H3,(H,36,40)(H,37,39)/b24-21+. The van der Waals surface area contributed by atoms with Crippen LogP contribution < -0.4 is 15.4 Å². The van der Waals surface area contributed by atoms with E-state index < -0.39 is 39.5 Å². The first-order valence-corrected chi connectivity index (χ1v) is 17.5. The van der Waals surface area contributed by atoms with Crippen LogP contribution in [0, 0.1) is 22.7 Å². The summed E-state index contributed by atoms with van der Waals surface area (Å²) >= 11 is 0. The van der Waals surface area contributed by atoms with E-state index in [9.17, 15) is 22.8 Å². The summed E-state index contributed by atoms with van der Waals surface area (Å²) in [6, 6.07) is 6.81. The molecule has 1 saturated carbocycles. The van der Waals surface area contributed by atoms with Crippen molar-refractivity contribution in [1.29, 1.82) is 0 Å². The van der Waals surface area contributed by atoms with Gasteiger partial charge in [0.1, 0.15) is 6.04 Å². The molecule has 9 nitrogen and oxygen atoms in total. The van der Waals surface area contributed by atoms with Crippen molar-refractivity contribution in [2.24, 2.45) is 22.7 Å². The van der Waals surface area contributed by atoms with Crippen LogP contribution in [-0.2, 0) is 30.2 Å². The van der Waals surface area contributed by atoms with Crippen molar-refractivity contribution in [3.63, 3.8) is 0 Å². The zero-order chi connectivity index (χ0) is 33.5. The summed E-state index contributed by atoms with van der Waals surface area (Å²) in [6.07, 6.45) is 7.37. The maximum absolute atomic E-state index is 14.1. The van der Waals surface area contributed by atoms with Gasteiger partial charge in [-0.25, -0.2) is 13.1 Å². The van der Waals surface area contributed by atoms with Crippen LogP contribution in [0.1, 0.15) is 93.1 Å². The SMILES string of the molecule is CNC(C(=O)NC(C(=O)N(C)C(/C=C(\C)C(=O)NS(=O)(=O)Cc1ccccc1)C(C)C)C(C)(C)C)C(C)(C)C1CCCCC1. The summed E-state index contributed by atoms with van der Waals surface area (Å²) in [6.45, 7) is 15.4. The summed E-state index contributed by atoms with van der Waals surface area (Å²) in [5.74, 6) is -1.24. The number of hydrogen-bond acceptors (Lipinski definition) is 6. The molecule has 44 heavy (non-hydrogen) atoms. The molecule has 0 spiro atoms. The first-order valence-electron chi connectivity index (χ1n) is 15.8. The smallest absolute Gasteiger partial charge is 0.260 e. The highest BCUT2D eigenvalue weighted by Crippen LogP contribution is 2.41. The van der Waals surface area contributed by atoms with Gasteiger partial charge in [0.05, 0.1) is 17.8 Å². The van der Waals surface area contributed by atoms with Gasteiger partial charge in [0.15, 0.2) is 0 Å². The zero-order valence-electron chi connectivity index (χ0n) is 28.5. The number of amides is 3. The van der Waals surface area contributed by atoms with Crippen LogP contribution in [0.2, 0.25) is 0 Å². The molecule has 3 amide bonds. The average Bonchev–Trinajstić information content (AvgIpc) is 2.93. The number of nitrogens with zero attached hydrogens (tertiary/aromatic N) is 1. The minimum absolute atomic E-state index is 0.0979. The van der Waals surface area contributed by atoms with Gasteiger partial charge < -0.3 is 15.5 Å². The molecule has 1 aromatic rings. The van der Waals surface area contributed by atoms with E-state index in [-0.39, 0.29) is 34.5 Å². The molecule has 3 N–H and O–H groups in total. The van der Waals surface area contributed by atoms with E-state index in [4.69, 9.17) is 0 Å². The topological polar surface area (TPSA) is 125 Å². The van der Waals surface area contributed by atoms with Gasteiger partial charge in [0, 0.05) is 12.6 Å². The Bertz CT molecular complexity index is 1260. The van der Waals surface area contributed by atoms with Crippen molar-refractivity contribution in [2.45, 2.75) is 111 Å². The minimum atomic E-state index is -3.92. The highest BCUT2D eigenvalue weighted by Gasteiger charge is 2.44. The van der Waals surface area contributed by atoms with Crippen molar-refractivity contribution >= 4 is 27.7 Å². The number of nitrogens with one attached hydrogen (secondary N) is 3. The summed E-state index contributed by atoms with van der Waals surface area (Å²) in [7, 11) is -0.469. The monoisotopic (exact) mass is 632 g/mol. The van der Waals surface area contributed by atoms with E-state index in [0.717, 1.165) is 12.8 Å². The van der Waals surface area contributed by atoms with Crippen LogP contribution in [0.4, 0.5) is 0 Å². The summed E-state index contributed by atoms with van der Waals surface area (Å²) < 4.78 is 27.5. The first-order chi connectivity index (χ1) is 20.3. The molecule has 1 aliphatic rings. The normalized spacial score (nSPS) is 17.5. The van der Waals surface area contributed by atoms with Crippen molar-refractivity contribution in [2.75, 3.05) is 14.1 Å². The van der Waals surface area contributed by atoms with Gasteiger partial charge in [-0.1, -0.05) is 104 Å². The van der Waals surface area contributed by atoms with Crippen LogP contribution in [0.15, 0.2) is 42.0 Å². The molecule has 0 bridgehead atoms.